The Morgan fingerprint density at radius 3 is 2.41 bits per heavy atom. The van der Waals surface area contributed by atoms with Crippen LogP contribution in [0.4, 0.5) is 0 Å². The second-order valence-electron chi connectivity index (χ2n) is 16.1. The number of aliphatic hydroxyl groups is 2. The standard InChI is InChI=1S/C34H65N3O6S/c1-24(9-7-14-32(2,39)23-43-44(40,41)42)27-10-11-28-31-29(13-16-34(27,28)4)33(3)15-12-26(21-25(33)22-30(31)38)37-20-8-19-36-18-6-5-17-35/h24-31,36-39H,5-23,35H2,1-4H3,(H,40,41,42)/t24?,25-,26+,27-,28?,29?,30?,31?,32?,33+,34-/m1/s1. The fraction of sp³-hybridized carbons (Fsp3) is 1.00. The first-order valence-corrected chi connectivity index (χ1v) is 19.2. The zero-order valence-corrected chi connectivity index (χ0v) is 28.9. The van der Waals surface area contributed by atoms with Gasteiger partial charge in [-0.2, -0.15) is 8.42 Å². The highest BCUT2D eigenvalue weighted by atomic mass is 32.3. The molecule has 4 fully saturated rings. The smallest absolute Gasteiger partial charge is 0.393 e. The van der Waals surface area contributed by atoms with E-state index in [1.807, 2.05) is 0 Å². The van der Waals surface area contributed by atoms with Crippen molar-refractivity contribution in [3.05, 3.63) is 0 Å². The number of hydrogen-bond donors (Lipinski definition) is 6. The third-order valence-electron chi connectivity index (χ3n) is 13.1. The lowest BCUT2D eigenvalue weighted by Gasteiger charge is -2.62. The van der Waals surface area contributed by atoms with Crippen molar-refractivity contribution in [3.63, 3.8) is 0 Å². The van der Waals surface area contributed by atoms with Gasteiger partial charge in [-0.1, -0.05) is 33.6 Å². The van der Waals surface area contributed by atoms with Crippen molar-refractivity contribution in [1.29, 1.82) is 0 Å². The summed E-state index contributed by atoms with van der Waals surface area (Å²) in [6, 6.07) is 0.569. The molecule has 0 aromatic carbocycles. The molecule has 0 amide bonds. The second kappa shape index (κ2) is 15.3. The van der Waals surface area contributed by atoms with Gasteiger partial charge in [0.1, 0.15) is 0 Å². The first-order chi connectivity index (χ1) is 20.7. The second-order valence-corrected chi connectivity index (χ2v) is 17.2. The molecule has 0 aromatic rings. The van der Waals surface area contributed by atoms with Crippen LogP contribution >= 0.6 is 0 Å². The van der Waals surface area contributed by atoms with Crippen molar-refractivity contribution < 1.29 is 27.4 Å². The Morgan fingerprint density at radius 2 is 1.68 bits per heavy atom. The molecule has 4 rings (SSSR count). The first kappa shape index (κ1) is 36.5. The van der Waals surface area contributed by atoms with Crippen LogP contribution in [0.25, 0.3) is 0 Å². The predicted molar refractivity (Wildman–Crippen MR) is 175 cm³/mol. The first-order valence-electron chi connectivity index (χ1n) is 17.9. The molecule has 0 saturated heterocycles. The van der Waals surface area contributed by atoms with E-state index in [2.05, 4.69) is 35.6 Å². The monoisotopic (exact) mass is 643 g/mol. The Morgan fingerprint density at radius 1 is 0.977 bits per heavy atom. The molecule has 0 spiro atoms. The van der Waals surface area contributed by atoms with Gasteiger partial charge in [0.25, 0.3) is 0 Å². The minimum Gasteiger partial charge on any atom is -0.393 e. The topological polar surface area (TPSA) is 154 Å². The van der Waals surface area contributed by atoms with Gasteiger partial charge in [0.2, 0.25) is 0 Å². The lowest BCUT2D eigenvalue weighted by atomic mass is 9.43. The van der Waals surface area contributed by atoms with Crippen molar-refractivity contribution in [2.75, 3.05) is 32.8 Å². The molecule has 7 N–H and O–H groups in total. The van der Waals surface area contributed by atoms with E-state index < -0.39 is 22.6 Å². The Labute approximate surface area is 268 Å². The normalized spacial score (nSPS) is 39.2. The van der Waals surface area contributed by atoms with Gasteiger partial charge in [-0.25, -0.2) is 4.18 Å². The zero-order chi connectivity index (χ0) is 32.2. The number of rotatable bonds is 17. The van der Waals surface area contributed by atoms with E-state index in [0.717, 1.165) is 64.7 Å². The van der Waals surface area contributed by atoms with E-state index in [9.17, 15) is 18.6 Å². The Balaban J connectivity index is 1.28. The molecule has 44 heavy (non-hydrogen) atoms. The lowest BCUT2D eigenvalue weighted by Crippen LogP contribution is -2.59. The average molecular weight is 644 g/mol. The maximum atomic E-state index is 11.8. The molecular weight excluding hydrogens is 578 g/mol. The fourth-order valence-corrected chi connectivity index (χ4v) is 11.1. The molecule has 0 heterocycles. The van der Waals surface area contributed by atoms with Crippen LogP contribution in [0.5, 0.6) is 0 Å². The van der Waals surface area contributed by atoms with Gasteiger partial charge < -0.3 is 26.6 Å². The minimum atomic E-state index is -4.56. The van der Waals surface area contributed by atoms with E-state index >= 15 is 0 Å². The van der Waals surface area contributed by atoms with Crippen LogP contribution < -0.4 is 16.4 Å². The highest BCUT2D eigenvalue weighted by Crippen LogP contribution is 2.68. The van der Waals surface area contributed by atoms with Crippen molar-refractivity contribution in [3.8, 4) is 0 Å². The van der Waals surface area contributed by atoms with Crippen LogP contribution in [0.15, 0.2) is 0 Å². The third kappa shape index (κ3) is 8.77. The largest absolute Gasteiger partial charge is 0.397 e. The highest BCUT2D eigenvalue weighted by molar-refractivity contribution is 7.80. The molecule has 258 valence electrons. The van der Waals surface area contributed by atoms with Crippen LogP contribution in [-0.4, -0.2) is 73.7 Å². The van der Waals surface area contributed by atoms with Crippen LogP contribution in [0.2, 0.25) is 0 Å². The van der Waals surface area contributed by atoms with E-state index in [1.165, 1.54) is 44.9 Å². The van der Waals surface area contributed by atoms with E-state index in [1.54, 1.807) is 6.92 Å². The number of hydrogen-bond acceptors (Lipinski definition) is 8. The van der Waals surface area contributed by atoms with Crippen LogP contribution in [0.3, 0.4) is 0 Å². The molecular formula is C34H65N3O6S. The summed E-state index contributed by atoms with van der Waals surface area (Å²) in [5.41, 5.74) is 4.84. The Kier molecular flexibility index (Phi) is 12.7. The van der Waals surface area contributed by atoms with Crippen molar-refractivity contribution in [2.24, 2.45) is 52.1 Å². The van der Waals surface area contributed by atoms with E-state index in [4.69, 9.17) is 10.3 Å². The number of nitrogens with two attached hydrogens (primary N) is 1. The fourth-order valence-electron chi connectivity index (χ4n) is 10.7. The average Bonchev–Trinajstić information content (AvgIpc) is 3.31. The van der Waals surface area contributed by atoms with Gasteiger partial charge in [0, 0.05) is 6.04 Å². The Hall–Kier alpha value is -0.330. The zero-order valence-electron chi connectivity index (χ0n) is 28.1. The molecule has 0 aromatic heterocycles. The number of nitrogens with one attached hydrogen (secondary N) is 2. The van der Waals surface area contributed by atoms with Gasteiger partial charge in [0.15, 0.2) is 0 Å². The summed E-state index contributed by atoms with van der Waals surface area (Å²) in [4.78, 5) is 0. The highest BCUT2D eigenvalue weighted by Gasteiger charge is 2.62. The maximum absolute atomic E-state index is 11.8. The van der Waals surface area contributed by atoms with Gasteiger partial charge >= 0.3 is 10.4 Å². The molecule has 4 aliphatic carbocycles. The molecule has 4 aliphatic rings. The summed E-state index contributed by atoms with van der Waals surface area (Å²) >= 11 is 0. The van der Waals surface area contributed by atoms with Gasteiger partial charge in [-0.3, -0.25) is 4.55 Å². The summed E-state index contributed by atoms with van der Waals surface area (Å²) in [6.45, 7) is 12.5. The van der Waals surface area contributed by atoms with Gasteiger partial charge in [0.05, 0.1) is 18.3 Å². The number of fused-ring (bicyclic) bond motifs is 5. The third-order valence-corrected chi connectivity index (χ3v) is 13.5. The molecule has 0 bridgehead atoms. The molecule has 6 unspecified atom stereocenters. The summed E-state index contributed by atoms with van der Waals surface area (Å²) in [7, 11) is -4.56. The van der Waals surface area contributed by atoms with Crippen molar-refractivity contribution in [1.82, 2.24) is 10.6 Å². The quantitative estimate of drug-likeness (QED) is 0.0980. The van der Waals surface area contributed by atoms with Gasteiger partial charge in [-0.05, 0) is 156 Å². The van der Waals surface area contributed by atoms with Crippen molar-refractivity contribution >= 4 is 10.4 Å². The SMILES string of the molecule is CC(CCCC(C)(O)COS(=O)(=O)O)[C@H]1CCC2C3C(O)C[C@H]4C[C@@H](NCCCNCCCCN)CC[C@]4(C)C3CC[C@@]21C. The lowest BCUT2D eigenvalue weighted by molar-refractivity contribution is -0.167. The maximum Gasteiger partial charge on any atom is 0.397 e. The summed E-state index contributed by atoms with van der Waals surface area (Å²) in [6.07, 6.45) is 14.9. The summed E-state index contributed by atoms with van der Waals surface area (Å²) in [5.74, 6) is 3.27. The molecule has 4 saturated carbocycles. The Bertz CT molecular complexity index is 1010. The van der Waals surface area contributed by atoms with Crippen LogP contribution in [0.1, 0.15) is 118 Å². The van der Waals surface area contributed by atoms with Gasteiger partial charge in [-0.15, -0.1) is 0 Å². The van der Waals surface area contributed by atoms with Crippen molar-refractivity contribution in [2.45, 2.75) is 135 Å². The summed E-state index contributed by atoms with van der Waals surface area (Å²) in [5, 5.41) is 29.7. The number of aliphatic hydroxyl groups excluding tert-OH is 1. The van der Waals surface area contributed by atoms with E-state index in [0.29, 0.717) is 53.4 Å². The minimum absolute atomic E-state index is 0.203. The molecule has 0 aliphatic heterocycles. The summed E-state index contributed by atoms with van der Waals surface area (Å²) < 4.78 is 35.1. The van der Waals surface area contributed by atoms with Crippen LogP contribution in [-0.2, 0) is 14.6 Å². The predicted octanol–water partition coefficient (Wildman–Crippen LogP) is 4.67. The molecule has 0 radical (unpaired) electrons. The van der Waals surface area contributed by atoms with Crippen LogP contribution in [0, 0.1) is 46.3 Å². The molecule has 10 heteroatoms. The number of unbranched alkanes of at least 4 members (excludes halogenated alkanes) is 1. The van der Waals surface area contributed by atoms with E-state index in [-0.39, 0.29) is 11.5 Å². The molecule has 9 nitrogen and oxygen atoms in total. The molecule has 11 atom stereocenters.